The highest BCUT2D eigenvalue weighted by atomic mass is 35.5. The van der Waals surface area contributed by atoms with E-state index in [1.54, 1.807) is 18.5 Å². The van der Waals surface area contributed by atoms with Crippen molar-refractivity contribution >= 4 is 39.8 Å². The number of nitrogens with zero attached hydrogens (tertiary/aromatic N) is 3. The minimum Gasteiger partial charge on any atom is -0.383 e. The van der Waals surface area contributed by atoms with Gasteiger partial charge in [-0.05, 0) is 75.3 Å². The summed E-state index contributed by atoms with van der Waals surface area (Å²) in [5.41, 5.74) is 7.59. The molecule has 1 fully saturated rings. The fourth-order valence-corrected chi connectivity index (χ4v) is 4.59. The molecule has 0 saturated carbocycles. The number of aromatic nitrogens is 2. The van der Waals surface area contributed by atoms with E-state index in [0.717, 1.165) is 42.3 Å². The van der Waals surface area contributed by atoms with E-state index in [2.05, 4.69) is 40.2 Å². The Morgan fingerprint density at radius 2 is 2.03 bits per heavy atom. The van der Waals surface area contributed by atoms with Crippen molar-refractivity contribution in [2.75, 3.05) is 31.2 Å². The van der Waals surface area contributed by atoms with Crippen LogP contribution in [-0.2, 0) is 6.42 Å². The summed E-state index contributed by atoms with van der Waals surface area (Å²) in [4.78, 5) is 24.1. The number of carbonyl (C=O) groups is 1. The number of nitrogens with one attached hydrogen (secondary N) is 1. The highest BCUT2D eigenvalue weighted by Crippen LogP contribution is 2.26. The normalized spacial score (nSPS) is 16.2. The highest BCUT2D eigenvalue weighted by molar-refractivity contribution is 6.31. The van der Waals surface area contributed by atoms with Gasteiger partial charge in [0.2, 0.25) is 0 Å². The van der Waals surface area contributed by atoms with Crippen molar-refractivity contribution in [3.05, 3.63) is 58.9 Å². The lowest BCUT2D eigenvalue weighted by Crippen LogP contribution is -2.37. The van der Waals surface area contributed by atoms with Crippen molar-refractivity contribution in [2.24, 2.45) is 5.92 Å². The summed E-state index contributed by atoms with van der Waals surface area (Å²) in [5, 5.41) is 5.93. The van der Waals surface area contributed by atoms with Crippen molar-refractivity contribution in [3.63, 3.8) is 0 Å². The van der Waals surface area contributed by atoms with Crippen LogP contribution >= 0.6 is 11.6 Å². The van der Waals surface area contributed by atoms with Crippen LogP contribution in [0, 0.1) is 5.92 Å². The molecule has 7 heteroatoms. The average molecular weight is 452 g/mol. The average Bonchev–Trinajstić information content (AvgIpc) is 2.79. The fourth-order valence-electron chi connectivity index (χ4n) is 4.43. The Morgan fingerprint density at radius 1 is 1.25 bits per heavy atom. The highest BCUT2D eigenvalue weighted by Gasteiger charge is 2.24. The molecule has 1 aliphatic rings. The monoisotopic (exact) mass is 451 g/mol. The van der Waals surface area contributed by atoms with Crippen LogP contribution < -0.4 is 11.1 Å². The Hall–Kier alpha value is -2.70. The van der Waals surface area contributed by atoms with Gasteiger partial charge in [-0.2, -0.15) is 0 Å². The van der Waals surface area contributed by atoms with Crippen LogP contribution in [0.15, 0.2) is 42.7 Å². The molecule has 168 valence electrons. The molecule has 0 spiro atoms. The predicted octanol–water partition coefficient (Wildman–Crippen LogP) is 4.82. The Bertz CT molecular complexity index is 1110. The van der Waals surface area contributed by atoms with Crippen molar-refractivity contribution in [3.8, 4) is 0 Å². The summed E-state index contributed by atoms with van der Waals surface area (Å²) >= 11 is 6.19. The van der Waals surface area contributed by atoms with Crippen LogP contribution in [0.2, 0.25) is 5.02 Å². The maximum Gasteiger partial charge on any atom is 0.166 e. The smallest absolute Gasteiger partial charge is 0.166 e. The maximum atomic E-state index is 13.1. The number of halogens is 1. The molecule has 32 heavy (non-hydrogen) atoms. The quantitative estimate of drug-likeness (QED) is 0.501. The number of carbonyl (C=O) groups excluding carboxylic acids is 1. The number of Topliss-reactive ketones (excluding diaryl/α,β-unsaturated/α-hetero) is 1. The van der Waals surface area contributed by atoms with Crippen LogP contribution in [0.1, 0.15) is 42.1 Å². The molecule has 6 nitrogen and oxygen atoms in total. The largest absolute Gasteiger partial charge is 0.383 e. The van der Waals surface area contributed by atoms with Gasteiger partial charge in [-0.3, -0.25) is 4.79 Å². The molecule has 3 aromatic rings. The van der Waals surface area contributed by atoms with E-state index in [9.17, 15) is 4.79 Å². The molecule has 0 aliphatic carbocycles. The molecule has 2 aromatic heterocycles. The number of rotatable bonds is 7. The lowest BCUT2D eigenvalue weighted by Gasteiger charge is -2.33. The first-order valence-corrected chi connectivity index (χ1v) is 11.6. The second kappa shape index (κ2) is 9.84. The fraction of sp³-hybridized carbons (Fsp3) is 0.400. The Balaban J connectivity index is 1.45. The molecular formula is C25H30ClN5O. The number of ketones is 1. The lowest BCUT2D eigenvalue weighted by molar-refractivity contribution is 0.0983. The lowest BCUT2D eigenvalue weighted by atomic mass is 9.90. The number of anilines is 2. The number of aryl methyl sites for hydroxylation is 1. The number of hydrogen-bond acceptors (Lipinski definition) is 6. The van der Waals surface area contributed by atoms with E-state index in [1.807, 2.05) is 18.2 Å². The first-order chi connectivity index (χ1) is 15.4. The van der Waals surface area contributed by atoms with Crippen LogP contribution in [0.3, 0.4) is 0 Å². The number of fused-ring (bicyclic) bond motifs is 1. The second-order valence-corrected chi connectivity index (χ2v) is 9.23. The van der Waals surface area contributed by atoms with Crippen LogP contribution in [0.5, 0.6) is 0 Å². The Labute approximate surface area is 194 Å². The first-order valence-electron chi connectivity index (χ1n) is 11.2. The van der Waals surface area contributed by atoms with Gasteiger partial charge in [0.15, 0.2) is 5.78 Å². The number of likely N-dealkylation sites (tertiary alicyclic amines) is 1. The molecule has 1 atom stereocenters. The van der Waals surface area contributed by atoms with Gasteiger partial charge in [-0.15, -0.1) is 0 Å². The number of pyridine rings is 2. The van der Waals surface area contributed by atoms with E-state index in [4.69, 9.17) is 17.3 Å². The van der Waals surface area contributed by atoms with Gasteiger partial charge in [-0.25, -0.2) is 9.97 Å². The summed E-state index contributed by atoms with van der Waals surface area (Å²) in [7, 11) is 2.16. The molecule has 0 radical (unpaired) electrons. The van der Waals surface area contributed by atoms with Gasteiger partial charge in [-0.1, -0.05) is 29.8 Å². The summed E-state index contributed by atoms with van der Waals surface area (Å²) < 4.78 is 0. The van der Waals surface area contributed by atoms with E-state index in [1.165, 1.54) is 0 Å². The minimum absolute atomic E-state index is 0.0346. The number of hydrogen-bond donors (Lipinski definition) is 2. The van der Waals surface area contributed by atoms with Crippen molar-refractivity contribution < 1.29 is 4.79 Å². The molecular weight excluding hydrogens is 422 g/mol. The van der Waals surface area contributed by atoms with Gasteiger partial charge in [0.1, 0.15) is 11.6 Å². The third-order valence-electron chi connectivity index (χ3n) is 6.49. The van der Waals surface area contributed by atoms with Crippen LogP contribution in [0.4, 0.5) is 11.6 Å². The SMILES string of the molecule is CC(Nc1ncc(Cl)cc1C(=O)CCc1ccc2c(N)nccc2c1)C1CCN(C)CC1. The minimum atomic E-state index is 0.0346. The summed E-state index contributed by atoms with van der Waals surface area (Å²) in [6.45, 7) is 4.38. The molecule has 1 unspecified atom stereocenters. The van der Waals surface area contributed by atoms with E-state index in [-0.39, 0.29) is 11.8 Å². The summed E-state index contributed by atoms with van der Waals surface area (Å²) in [6, 6.07) is 9.94. The molecule has 3 N–H and O–H groups in total. The maximum absolute atomic E-state index is 13.1. The second-order valence-electron chi connectivity index (χ2n) is 8.80. The van der Waals surface area contributed by atoms with Crippen molar-refractivity contribution in [1.29, 1.82) is 0 Å². The predicted molar refractivity (Wildman–Crippen MR) is 131 cm³/mol. The molecule has 1 aromatic carbocycles. The van der Waals surface area contributed by atoms with Crippen LogP contribution in [0.25, 0.3) is 10.8 Å². The van der Waals surface area contributed by atoms with E-state index in [0.29, 0.717) is 41.0 Å². The Kier molecular flexibility index (Phi) is 6.92. The van der Waals surface area contributed by atoms with Gasteiger partial charge in [0.05, 0.1) is 10.6 Å². The topological polar surface area (TPSA) is 84.1 Å². The molecule has 1 saturated heterocycles. The number of piperidine rings is 1. The molecule has 4 rings (SSSR count). The van der Waals surface area contributed by atoms with Crippen molar-refractivity contribution in [2.45, 2.75) is 38.6 Å². The van der Waals surface area contributed by atoms with Gasteiger partial charge in [0.25, 0.3) is 0 Å². The first kappa shape index (κ1) is 22.5. The van der Waals surface area contributed by atoms with Gasteiger partial charge < -0.3 is 16.0 Å². The zero-order valence-corrected chi connectivity index (χ0v) is 19.4. The zero-order valence-electron chi connectivity index (χ0n) is 18.6. The number of nitrogen functional groups attached to an aromatic ring is 1. The number of nitrogens with two attached hydrogens (primary N) is 1. The standard InChI is InChI=1S/C25H30ClN5O/c1-16(18-8-11-31(2)12-9-18)30-25-22(14-20(26)15-29-25)23(32)6-4-17-3-5-21-19(13-17)7-10-28-24(21)27/h3,5,7,10,13-16,18H,4,6,8-9,11-12H2,1-2H3,(H2,27,28)(H,29,30). The molecule has 3 heterocycles. The zero-order chi connectivity index (χ0) is 22.7. The third-order valence-corrected chi connectivity index (χ3v) is 6.70. The summed E-state index contributed by atoms with van der Waals surface area (Å²) in [5.74, 6) is 1.74. The molecule has 1 aliphatic heterocycles. The molecule has 0 amide bonds. The van der Waals surface area contributed by atoms with Gasteiger partial charge >= 0.3 is 0 Å². The van der Waals surface area contributed by atoms with E-state index >= 15 is 0 Å². The summed E-state index contributed by atoms with van der Waals surface area (Å²) in [6.07, 6.45) is 6.60. The van der Waals surface area contributed by atoms with Crippen molar-refractivity contribution in [1.82, 2.24) is 14.9 Å². The molecule has 0 bridgehead atoms. The number of benzene rings is 1. The Morgan fingerprint density at radius 3 is 2.81 bits per heavy atom. The van der Waals surface area contributed by atoms with E-state index < -0.39 is 0 Å². The van der Waals surface area contributed by atoms with Crippen LogP contribution in [-0.4, -0.2) is 46.8 Å². The van der Waals surface area contributed by atoms with Gasteiger partial charge in [0, 0.05) is 30.2 Å². The third kappa shape index (κ3) is 5.19.